The Hall–Kier alpha value is -3.67. The maximum Gasteiger partial charge on any atom is 0.306 e. The third-order valence-corrected chi connectivity index (χ3v) is 12.6. The zero-order valence-corrected chi connectivity index (χ0v) is 46.5. The summed E-state index contributed by atoms with van der Waals surface area (Å²) in [6, 6.07) is 0. The summed E-state index contributed by atoms with van der Waals surface area (Å²) in [5.41, 5.74) is 0. The lowest BCUT2D eigenvalue weighted by molar-refractivity contribution is -0.167. The first-order valence-electron chi connectivity index (χ1n) is 29.7. The summed E-state index contributed by atoms with van der Waals surface area (Å²) in [6.07, 6.45) is 78.5. The molecule has 0 fully saturated rings. The summed E-state index contributed by atoms with van der Waals surface area (Å²) in [6.45, 7) is 6.50. The topological polar surface area (TPSA) is 78.9 Å². The summed E-state index contributed by atoms with van der Waals surface area (Å²) in [7, 11) is 0. The molecule has 0 aromatic heterocycles. The van der Waals surface area contributed by atoms with Gasteiger partial charge in [0.25, 0.3) is 0 Å². The van der Waals surface area contributed by atoms with Crippen molar-refractivity contribution in [2.45, 2.75) is 284 Å². The van der Waals surface area contributed by atoms with Gasteiger partial charge in [0.05, 0.1) is 0 Å². The van der Waals surface area contributed by atoms with Crippen LogP contribution in [-0.4, -0.2) is 37.2 Å². The highest BCUT2D eigenvalue weighted by molar-refractivity contribution is 5.71. The summed E-state index contributed by atoms with van der Waals surface area (Å²) in [4.78, 5) is 37.9. The zero-order chi connectivity index (χ0) is 51.4. The molecule has 1 atom stereocenters. The lowest BCUT2D eigenvalue weighted by Crippen LogP contribution is -2.30. The first kappa shape index (κ1) is 67.3. The predicted octanol–water partition coefficient (Wildman–Crippen LogP) is 20.1. The molecule has 0 radical (unpaired) electrons. The minimum Gasteiger partial charge on any atom is -0.462 e. The second kappa shape index (κ2) is 58.9. The van der Waals surface area contributed by atoms with Gasteiger partial charge in [0.15, 0.2) is 6.10 Å². The van der Waals surface area contributed by atoms with Crippen molar-refractivity contribution < 1.29 is 28.6 Å². The summed E-state index contributed by atoms with van der Waals surface area (Å²) in [5, 5.41) is 0. The van der Waals surface area contributed by atoms with Crippen LogP contribution in [0, 0.1) is 0 Å². The van der Waals surface area contributed by atoms with E-state index in [0.29, 0.717) is 19.3 Å². The molecule has 0 saturated heterocycles. The van der Waals surface area contributed by atoms with Crippen LogP contribution in [0.15, 0.2) is 97.2 Å². The van der Waals surface area contributed by atoms with Crippen molar-refractivity contribution in [3.8, 4) is 0 Å². The Bertz CT molecular complexity index is 1410. The molecule has 0 aliphatic rings. The van der Waals surface area contributed by atoms with Gasteiger partial charge in [-0.3, -0.25) is 14.4 Å². The molecule has 0 bridgehead atoms. The van der Waals surface area contributed by atoms with Crippen LogP contribution in [0.4, 0.5) is 0 Å². The molecule has 0 spiro atoms. The summed E-state index contributed by atoms with van der Waals surface area (Å²) >= 11 is 0. The van der Waals surface area contributed by atoms with Crippen molar-refractivity contribution in [2.75, 3.05) is 13.2 Å². The molecule has 0 heterocycles. The van der Waals surface area contributed by atoms with E-state index >= 15 is 0 Å². The number of allylic oxidation sites excluding steroid dienone is 16. The van der Waals surface area contributed by atoms with E-state index in [1.54, 1.807) is 0 Å². The third kappa shape index (κ3) is 57.1. The zero-order valence-electron chi connectivity index (χ0n) is 46.5. The number of hydrogen-bond acceptors (Lipinski definition) is 6. The van der Waals surface area contributed by atoms with Gasteiger partial charge in [0, 0.05) is 19.3 Å². The normalized spacial score (nSPS) is 12.8. The van der Waals surface area contributed by atoms with Gasteiger partial charge < -0.3 is 14.2 Å². The molecule has 0 amide bonds. The van der Waals surface area contributed by atoms with Gasteiger partial charge in [0.1, 0.15) is 13.2 Å². The quantitative estimate of drug-likeness (QED) is 0.0261. The fourth-order valence-electron chi connectivity index (χ4n) is 8.16. The molecule has 71 heavy (non-hydrogen) atoms. The van der Waals surface area contributed by atoms with Gasteiger partial charge in [-0.15, -0.1) is 0 Å². The van der Waals surface area contributed by atoms with Crippen molar-refractivity contribution >= 4 is 17.9 Å². The minimum absolute atomic E-state index is 0.0759. The fourth-order valence-corrected chi connectivity index (χ4v) is 8.16. The van der Waals surface area contributed by atoms with Crippen LogP contribution in [0.3, 0.4) is 0 Å². The van der Waals surface area contributed by atoms with E-state index in [1.807, 2.05) is 0 Å². The molecule has 0 aromatic carbocycles. The molecule has 406 valence electrons. The Morgan fingerprint density at radius 1 is 0.296 bits per heavy atom. The summed E-state index contributed by atoms with van der Waals surface area (Å²) in [5.74, 6) is -0.884. The molecule has 0 saturated carbocycles. The van der Waals surface area contributed by atoms with Crippen LogP contribution >= 0.6 is 0 Å². The minimum atomic E-state index is -0.775. The highest BCUT2D eigenvalue weighted by Crippen LogP contribution is 2.15. The van der Waals surface area contributed by atoms with Crippen molar-refractivity contribution in [1.29, 1.82) is 0 Å². The maximum absolute atomic E-state index is 12.8. The number of carbonyl (C=O) groups is 3. The molecular formula is C65H110O6. The molecule has 1 unspecified atom stereocenters. The van der Waals surface area contributed by atoms with Crippen molar-refractivity contribution in [3.05, 3.63) is 97.2 Å². The van der Waals surface area contributed by atoms with Gasteiger partial charge in [0.2, 0.25) is 0 Å². The van der Waals surface area contributed by atoms with E-state index in [9.17, 15) is 14.4 Å². The Kier molecular flexibility index (Phi) is 55.9. The number of rotatable bonds is 53. The van der Waals surface area contributed by atoms with Gasteiger partial charge in [-0.25, -0.2) is 0 Å². The van der Waals surface area contributed by atoms with Gasteiger partial charge in [-0.05, 0) is 83.5 Å². The van der Waals surface area contributed by atoms with E-state index in [2.05, 4.69) is 118 Å². The Labute approximate surface area is 438 Å². The first-order valence-corrected chi connectivity index (χ1v) is 29.7. The Morgan fingerprint density at radius 3 is 0.859 bits per heavy atom. The molecule has 6 heteroatoms. The molecular weight excluding hydrogens is 877 g/mol. The van der Waals surface area contributed by atoms with Gasteiger partial charge >= 0.3 is 17.9 Å². The predicted molar refractivity (Wildman–Crippen MR) is 307 cm³/mol. The molecule has 0 aromatic rings. The highest BCUT2D eigenvalue weighted by atomic mass is 16.6. The standard InChI is InChI=1S/C65H110O6/c1-4-7-10-13-16-19-21-22-23-24-25-26-27-28-29-30-31-32-33-34-35-36-37-38-39-40-41-42-44-46-49-52-55-58-64(67)70-61-62(60-69-63(66)57-54-51-48-45-18-15-12-9-6-3)71-65(68)59-56-53-50-47-43-20-17-14-11-8-5-2/h7,10,16,19,22-23,25-26,28-29,31-32,34-35,37-38,62H,4-6,8-9,11-15,17-18,20-21,24,27,30,33,36,39-61H2,1-3H3/b10-7-,19-16-,23-22-,26-25-,29-28-,32-31-,35-34-,38-37-. The molecule has 0 aliphatic carbocycles. The number of unbranched alkanes of at least 4 members (excludes halogenated alkanes) is 26. The third-order valence-electron chi connectivity index (χ3n) is 12.6. The maximum atomic E-state index is 12.8. The van der Waals surface area contributed by atoms with Crippen LogP contribution in [0.2, 0.25) is 0 Å². The monoisotopic (exact) mass is 987 g/mol. The van der Waals surface area contributed by atoms with Crippen molar-refractivity contribution in [2.24, 2.45) is 0 Å². The lowest BCUT2D eigenvalue weighted by Gasteiger charge is -2.18. The van der Waals surface area contributed by atoms with Crippen molar-refractivity contribution in [1.82, 2.24) is 0 Å². The van der Waals surface area contributed by atoms with Crippen LogP contribution < -0.4 is 0 Å². The van der Waals surface area contributed by atoms with E-state index < -0.39 is 6.10 Å². The van der Waals surface area contributed by atoms with Crippen LogP contribution in [0.5, 0.6) is 0 Å². The number of carbonyl (C=O) groups excluding carboxylic acids is 3. The smallest absolute Gasteiger partial charge is 0.306 e. The van der Waals surface area contributed by atoms with Crippen LogP contribution in [0.1, 0.15) is 278 Å². The molecule has 0 N–H and O–H groups in total. The van der Waals surface area contributed by atoms with Gasteiger partial charge in [-0.1, -0.05) is 272 Å². The van der Waals surface area contributed by atoms with Crippen molar-refractivity contribution in [3.63, 3.8) is 0 Å². The van der Waals surface area contributed by atoms with E-state index in [0.717, 1.165) is 116 Å². The van der Waals surface area contributed by atoms with E-state index in [-0.39, 0.29) is 31.1 Å². The highest BCUT2D eigenvalue weighted by Gasteiger charge is 2.19. The fraction of sp³-hybridized carbons (Fsp3) is 0.708. The summed E-state index contributed by atoms with van der Waals surface area (Å²) < 4.78 is 16.8. The average Bonchev–Trinajstić information content (AvgIpc) is 3.37. The van der Waals surface area contributed by atoms with E-state index in [4.69, 9.17) is 14.2 Å². The largest absolute Gasteiger partial charge is 0.462 e. The second-order valence-electron chi connectivity index (χ2n) is 19.5. The van der Waals surface area contributed by atoms with Crippen LogP contribution in [0.25, 0.3) is 0 Å². The molecule has 0 aliphatic heterocycles. The van der Waals surface area contributed by atoms with Gasteiger partial charge in [-0.2, -0.15) is 0 Å². The molecule has 6 nitrogen and oxygen atoms in total. The number of hydrogen-bond donors (Lipinski definition) is 0. The lowest BCUT2D eigenvalue weighted by atomic mass is 10.1. The number of esters is 3. The Morgan fingerprint density at radius 2 is 0.549 bits per heavy atom. The molecule has 0 rings (SSSR count). The Balaban J connectivity index is 4.13. The van der Waals surface area contributed by atoms with Crippen LogP contribution in [-0.2, 0) is 28.6 Å². The van der Waals surface area contributed by atoms with E-state index in [1.165, 1.54) is 122 Å². The number of ether oxygens (including phenoxy) is 3. The SMILES string of the molecule is CC/C=C\C/C=C\C/C=C\C/C=C\C/C=C\C/C=C\C/C=C\C/C=C\CCCCCCCCCCC(=O)OCC(COC(=O)CCCCCCCCCCC)OC(=O)CCCCCCCCCCCCC. The second-order valence-corrected chi connectivity index (χ2v) is 19.5. The first-order chi connectivity index (χ1) is 35.0. The average molecular weight is 988 g/mol.